The van der Waals surface area contributed by atoms with Gasteiger partial charge in [-0.25, -0.2) is 0 Å². The van der Waals surface area contributed by atoms with Crippen molar-refractivity contribution in [2.24, 2.45) is 7.05 Å². The molecule has 1 amide bonds. The van der Waals surface area contributed by atoms with Crippen LogP contribution in [-0.4, -0.2) is 42.4 Å². The Morgan fingerprint density at radius 3 is 2.60 bits per heavy atom. The van der Waals surface area contributed by atoms with Crippen LogP contribution in [-0.2, 0) is 24.8 Å². The second-order valence-corrected chi connectivity index (χ2v) is 6.50. The lowest BCUT2D eigenvalue weighted by molar-refractivity contribution is -0.135. The van der Waals surface area contributed by atoms with Gasteiger partial charge in [-0.3, -0.25) is 14.0 Å². The zero-order chi connectivity index (χ0) is 17.6. The Bertz CT molecular complexity index is 907. The maximum atomic E-state index is 12.9. The van der Waals surface area contributed by atoms with Crippen LogP contribution in [0, 0.1) is 6.92 Å². The standard InChI is InChI=1S/C18H20N6O/c1-12-9-14(21-23(12)3)17-20-19-16-11-22(2)18(25)15(24(16)17)10-13-7-5-4-6-8-13/h4-9,15H,10-11H2,1-3H3/t15-/m1/s1. The summed E-state index contributed by atoms with van der Waals surface area (Å²) in [6.07, 6.45) is 0.605. The number of hydrogen-bond acceptors (Lipinski definition) is 4. The molecule has 0 unspecified atom stereocenters. The quantitative estimate of drug-likeness (QED) is 0.731. The molecule has 1 aliphatic heterocycles. The molecule has 3 heterocycles. The molecule has 0 saturated carbocycles. The third kappa shape index (κ3) is 2.61. The number of carbonyl (C=O) groups is 1. The summed E-state index contributed by atoms with van der Waals surface area (Å²) >= 11 is 0. The van der Waals surface area contributed by atoms with Gasteiger partial charge in [-0.1, -0.05) is 30.3 Å². The highest BCUT2D eigenvalue weighted by Gasteiger charge is 2.35. The first-order valence-corrected chi connectivity index (χ1v) is 8.28. The predicted molar refractivity (Wildman–Crippen MR) is 92.6 cm³/mol. The van der Waals surface area contributed by atoms with Crippen molar-refractivity contribution in [3.05, 3.63) is 53.5 Å². The maximum absolute atomic E-state index is 12.9. The second kappa shape index (κ2) is 5.84. The molecular formula is C18H20N6O. The Balaban J connectivity index is 1.81. The summed E-state index contributed by atoms with van der Waals surface area (Å²) in [5.74, 6) is 1.52. The number of rotatable bonds is 3. The normalized spacial score (nSPS) is 17.0. The minimum absolute atomic E-state index is 0.0741. The van der Waals surface area contributed by atoms with E-state index in [1.54, 1.807) is 9.58 Å². The molecule has 7 heteroatoms. The van der Waals surface area contributed by atoms with E-state index in [1.807, 2.05) is 62.0 Å². The van der Waals surface area contributed by atoms with E-state index in [2.05, 4.69) is 15.3 Å². The van der Waals surface area contributed by atoms with Crippen molar-refractivity contribution in [3.8, 4) is 11.5 Å². The third-order valence-corrected chi connectivity index (χ3v) is 4.73. The topological polar surface area (TPSA) is 68.8 Å². The van der Waals surface area contributed by atoms with Gasteiger partial charge in [-0.2, -0.15) is 5.10 Å². The second-order valence-electron chi connectivity index (χ2n) is 6.50. The van der Waals surface area contributed by atoms with Gasteiger partial charge in [0.15, 0.2) is 11.6 Å². The number of carbonyl (C=O) groups excluding carboxylic acids is 1. The highest BCUT2D eigenvalue weighted by Crippen LogP contribution is 2.29. The van der Waals surface area contributed by atoms with E-state index in [0.29, 0.717) is 18.8 Å². The van der Waals surface area contributed by atoms with E-state index in [0.717, 1.165) is 22.8 Å². The molecule has 2 aromatic heterocycles. The van der Waals surface area contributed by atoms with Gasteiger partial charge in [0.2, 0.25) is 5.91 Å². The van der Waals surface area contributed by atoms with E-state index in [4.69, 9.17) is 0 Å². The summed E-state index contributed by atoms with van der Waals surface area (Å²) < 4.78 is 3.76. The largest absolute Gasteiger partial charge is 0.336 e. The Kier molecular flexibility index (Phi) is 3.63. The molecule has 4 rings (SSSR count). The van der Waals surface area contributed by atoms with Crippen molar-refractivity contribution >= 4 is 5.91 Å². The highest BCUT2D eigenvalue weighted by molar-refractivity contribution is 5.82. The summed E-state index contributed by atoms with van der Waals surface area (Å²) in [7, 11) is 3.70. The number of amides is 1. The van der Waals surface area contributed by atoms with Crippen molar-refractivity contribution < 1.29 is 4.79 Å². The zero-order valence-electron chi connectivity index (χ0n) is 14.5. The van der Waals surface area contributed by atoms with E-state index < -0.39 is 0 Å². The van der Waals surface area contributed by atoms with Crippen LogP contribution >= 0.6 is 0 Å². The SMILES string of the molecule is Cc1cc(-c2nnc3n2[C@H](Cc2ccccc2)C(=O)N(C)C3)nn1C. The van der Waals surface area contributed by atoms with E-state index in [-0.39, 0.29) is 11.9 Å². The van der Waals surface area contributed by atoms with Gasteiger partial charge in [0.1, 0.15) is 11.7 Å². The van der Waals surface area contributed by atoms with Gasteiger partial charge in [0, 0.05) is 26.2 Å². The van der Waals surface area contributed by atoms with Crippen LogP contribution in [0.1, 0.15) is 23.1 Å². The summed E-state index contributed by atoms with van der Waals surface area (Å²) in [6, 6.07) is 11.6. The molecule has 7 nitrogen and oxygen atoms in total. The smallest absolute Gasteiger partial charge is 0.246 e. The molecule has 25 heavy (non-hydrogen) atoms. The van der Waals surface area contributed by atoms with Gasteiger partial charge in [-0.05, 0) is 18.6 Å². The predicted octanol–water partition coefficient (Wildman–Crippen LogP) is 1.74. The molecular weight excluding hydrogens is 316 g/mol. The Labute approximate surface area is 145 Å². The molecule has 0 spiro atoms. The third-order valence-electron chi connectivity index (χ3n) is 4.73. The van der Waals surface area contributed by atoms with E-state index in [1.165, 1.54) is 0 Å². The molecule has 0 fully saturated rings. The van der Waals surface area contributed by atoms with Crippen LogP contribution in [0.25, 0.3) is 11.5 Å². The lowest BCUT2D eigenvalue weighted by Gasteiger charge is -2.31. The van der Waals surface area contributed by atoms with Crippen molar-refractivity contribution in [3.63, 3.8) is 0 Å². The number of aromatic nitrogens is 5. The first-order chi connectivity index (χ1) is 12.0. The molecule has 0 bridgehead atoms. The average Bonchev–Trinajstić information content (AvgIpc) is 3.16. The number of fused-ring (bicyclic) bond motifs is 1. The zero-order valence-corrected chi connectivity index (χ0v) is 14.5. The minimum Gasteiger partial charge on any atom is -0.336 e. The number of likely N-dealkylation sites (N-methyl/N-ethyl adjacent to an activating group) is 1. The van der Waals surface area contributed by atoms with Crippen LogP contribution in [0.3, 0.4) is 0 Å². The molecule has 0 radical (unpaired) electrons. The summed E-state index contributed by atoms with van der Waals surface area (Å²) in [6.45, 7) is 2.45. The first-order valence-electron chi connectivity index (χ1n) is 8.28. The first kappa shape index (κ1) is 15.6. The van der Waals surface area contributed by atoms with Gasteiger partial charge in [0.05, 0.1) is 6.54 Å². The summed E-state index contributed by atoms with van der Waals surface area (Å²) in [5, 5.41) is 13.2. The molecule has 3 aromatic rings. The molecule has 0 saturated heterocycles. The molecule has 0 aliphatic carbocycles. The van der Waals surface area contributed by atoms with Gasteiger partial charge >= 0.3 is 0 Å². The van der Waals surface area contributed by atoms with Crippen molar-refractivity contribution in [1.82, 2.24) is 29.4 Å². The Morgan fingerprint density at radius 1 is 1.16 bits per heavy atom. The maximum Gasteiger partial charge on any atom is 0.246 e. The summed E-state index contributed by atoms with van der Waals surface area (Å²) in [4.78, 5) is 14.6. The molecule has 128 valence electrons. The molecule has 1 aromatic carbocycles. The monoisotopic (exact) mass is 336 g/mol. The van der Waals surface area contributed by atoms with E-state index in [9.17, 15) is 4.79 Å². The minimum atomic E-state index is -0.358. The molecule has 0 N–H and O–H groups in total. The van der Waals surface area contributed by atoms with Crippen LogP contribution < -0.4 is 0 Å². The lowest BCUT2D eigenvalue weighted by Crippen LogP contribution is -2.41. The fourth-order valence-electron chi connectivity index (χ4n) is 3.27. The average molecular weight is 336 g/mol. The number of nitrogens with zero attached hydrogens (tertiary/aromatic N) is 6. The van der Waals surface area contributed by atoms with Crippen molar-refractivity contribution in [2.75, 3.05) is 7.05 Å². The summed E-state index contributed by atoms with van der Waals surface area (Å²) in [5.41, 5.74) is 2.89. The number of benzene rings is 1. The Morgan fingerprint density at radius 2 is 1.92 bits per heavy atom. The van der Waals surface area contributed by atoms with Gasteiger partial charge < -0.3 is 4.90 Å². The van der Waals surface area contributed by atoms with Crippen LogP contribution in [0.4, 0.5) is 0 Å². The van der Waals surface area contributed by atoms with Crippen molar-refractivity contribution in [1.29, 1.82) is 0 Å². The van der Waals surface area contributed by atoms with Crippen LogP contribution in [0.5, 0.6) is 0 Å². The molecule has 1 atom stereocenters. The Hall–Kier alpha value is -2.96. The van der Waals surface area contributed by atoms with Crippen LogP contribution in [0.15, 0.2) is 36.4 Å². The van der Waals surface area contributed by atoms with E-state index >= 15 is 0 Å². The fourth-order valence-corrected chi connectivity index (χ4v) is 3.27. The van der Waals surface area contributed by atoms with Crippen LogP contribution in [0.2, 0.25) is 0 Å². The van der Waals surface area contributed by atoms with Crippen molar-refractivity contribution in [2.45, 2.75) is 25.9 Å². The lowest BCUT2D eigenvalue weighted by atomic mass is 10.0. The highest BCUT2D eigenvalue weighted by atomic mass is 16.2. The molecule has 1 aliphatic rings. The van der Waals surface area contributed by atoms with Gasteiger partial charge in [-0.15, -0.1) is 10.2 Å². The number of aryl methyl sites for hydroxylation is 2. The fraction of sp³-hybridized carbons (Fsp3) is 0.333. The van der Waals surface area contributed by atoms with Gasteiger partial charge in [0.25, 0.3) is 0 Å². The number of hydrogen-bond donors (Lipinski definition) is 0.